The van der Waals surface area contributed by atoms with Gasteiger partial charge >= 0.3 is 5.97 Å². The third-order valence-electron chi connectivity index (χ3n) is 1.09. The molecule has 0 aromatic heterocycles. The summed E-state index contributed by atoms with van der Waals surface area (Å²) in [4.78, 5) is 10.7. The van der Waals surface area contributed by atoms with E-state index in [0.29, 0.717) is 26.1 Å². The molecule has 0 saturated carbocycles. The normalized spacial score (nSPS) is 9.18. The summed E-state index contributed by atoms with van der Waals surface area (Å²) in [6.07, 6.45) is 2.25. The van der Waals surface area contributed by atoms with Crippen molar-refractivity contribution in [2.24, 2.45) is 0 Å². The smallest absolute Gasteiger partial charge is 0.310 e. The van der Waals surface area contributed by atoms with Gasteiger partial charge in [0.1, 0.15) is 0 Å². The molecule has 0 rings (SSSR count). The van der Waals surface area contributed by atoms with Gasteiger partial charge in [-0.3, -0.25) is 4.79 Å². The number of ether oxygens (including phenoxy) is 2. The minimum Gasteiger partial charge on any atom is -0.435 e. The summed E-state index contributed by atoms with van der Waals surface area (Å²) >= 11 is 0. The molecule has 3 nitrogen and oxygen atoms in total. The lowest BCUT2D eigenvalue weighted by molar-refractivity contribution is -0.138. The highest BCUT2D eigenvalue weighted by atomic mass is 16.5. The first-order valence-corrected chi connectivity index (χ1v) is 3.69. The molecule has 0 fully saturated rings. The SMILES string of the molecule is C=COC(=O)CCCOCC. The maximum atomic E-state index is 10.7. The van der Waals surface area contributed by atoms with Gasteiger partial charge in [-0.15, -0.1) is 0 Å². The maximum Gasteiger partial charge on any atom is 0.310 e. The van der Waals surface area contributed by atoms with Crippen LogP contribution in [0.1, 0.15) is 19.8 Å². The first kappa shape index (κ1) is 10.2. The van der Waals surface area contributed by atoms with Gasteiger partial charge in [0, 0.05) is 19.6 Å². The second kappa shape index (κ2) is 7.28. The molecular formula is C8H14O3. The second-order valence-corrected chi connectivity index (χ2v) is 1.96. The number of hydrogen-bond donors (Lipinski definition) is 0. The first-order chi connectivity index (χ1) is 5.31. The van der Waals surface area contributed by atoms with E-state index in [-0.39, 0.29) is 5.97 Å². The largest absolute Gasteiger partial charge is 0.435 e. The fourth-order valence-electron chi connectivity index (χ4n) is 0.615. The Morgan fingerprint density at radius 1 is 1.64 bits per heavy atom. The number of carbonyl (C=O) groups excluding carboxylic acids is 1. The molecule has 0 bridgehead atoms. The molecule has 0 aromatic carbocycles. The third-order valence-corrected chi connectivity index (χ3v) is 1.09. The van der Waals surface area contributed by atoms with Crippen LogP contribution in [0, 0.1) is 0 Å². The Balaban J connectivity index is 3.10. The molecule has 0 aliphatic carbocycles. The summed E-state index contributed by atoms with van der Waals surface area (Å²) in [5, 5.41) is 0. The van der Waals surface area contributed by atoms with Gasteiger partial charge in [0.25, 0.3) is 0 Å². The van der Waals surface area contributed by atoms with Crippen LogP contribution in [0.15, 0.2) is 12.8 Å². The number of rotatable bonds is 6. The molecule has 0 atom stereocenters. The van der Waals surface area contributed by atoms with E-state index in [1.807, 2.05) is 6.92 Å². The van der Waals surface area contributed by atoms with Gasteiger partial charge in [-0.2, -0.15) is 0 Å². The topological polar surface area (TPSA) is 35.5 Å². The van der Waals surface area contributed by atoms with Crippen molar-refractivity contribution in [2.45, 2.75) is 19.8 Å². The quantitative estimate of drug-likeness (QED) is 0.334. The van der Waals surface area contributed by atoms with Crippen LogP contribution >= 0.6 is 0 Å². The monoisotopic (exact) mass is 158 g/mol. The van der Waals surface area contributed by atoms with E-state index in [1.165, 1.54) is 0 Å². The molecule has 11 heavy (non-hydrogen) atoms. The van der Waals surface area contributed by atoms with Crippen LogP contribution in [-0.4, -0.2) is 19.2 Å². The average Bonchev–Trinajstić information content (AvgIpc) is 1.99. The minimum atomic E-state index is -0.250. The summed E-state index contributed by atoms with van der Waals surface area (Å²) in [6, 6.07) is 0. The maximum absolute atomic E-state index is 10.7. The molecule has 0 heterocycles. The fourth-order valence-corrected chi connectivity index (χ4v) is 0.615. The van der Waals surface area contributed by atoms with E-state index in [0.717, 1.165) is 6.26 Å². The van der Waals surface area contributed by atoms with Crippen molar-refractivity contribution < 1.29 is 14.3 Å². The van der Waals surface area contributed by atoms with Gasteiger partial charge < -0.3 is 9.47 Å². The van der Waals surface area contributed by atoms with E-state index in [4.69, 9.17) is 4.74 Å². The predicted molar refractivity (Wildman–Crippen MR) is 42.0 cm³/mol. The zero-order valence-electron chi connectivity index (χ0n) is 6.84. The molecule has 0 aliphatic heterocycles. The molecular weight excluding hydrogens is 144 g/mol. The lowest BCUT2D eigenvalue weighted by Crippen LogP contribution is -2.02. The van der Waals surface area contributed by atoms with Gasteiger partial charge in [0.15, 0.2) is 0 Å². The zero-order chi connectivity index (χ0) is 8.53. The highest BCUT2D eigenvalue weighted by molar-refractivity contribution is 5.69. The van der Waals surface area contributed by atoms with Crippen LogP contribution in [0.4, 0.5) is 0 Å². The summed E-state index contributed by atoms with van der Waals surface area (Å²) in [7, 11) is 0. The lowest BCUT2D eigenvalue weighted by atomic mass is 10.3. The van der Waals surface area contributed by atoms with E-state index in [2.05, 4.69) is 11.3 Å². The predicted octanol–water partition coefficient (Wildman–Crippen LogP) is 1.49. The standard InChI is InChI=1S/C8H14O3/c1-3-10-7-5-6-8(9)11-4-2/h4H,2-3,5-7H2,1H3. The van der Waals surface area contributed by atoms with Crippen molar-refractivity contribution in [1.82, 2.24) is 0 Å². The van der Waals surface area contributed by atoms with Gasteiger partial charge in [0.05, 0.1) is 6.26 Å². The van der Waals surface area contributed by atoms with E-state index in [9.17, 15) is 4.79 Å². The summed E-state index contributed by atoms with van der Waals surface area (Å²) in [6.45, 7) is 6.49. The van der Waals surface area contributed by atoms with Crippen LogP contribution in [-0.2, 0) is 14.3 Å². The van der Waals surface area contributed by atoms with Gasteiger partial charge in [-0.25, -0.2) is 0 Å². The molecule has 0 aliphatic rings. The first-order valence-electron chi connectivity index (χ1n) is 3.69. The van der Waals surface area contributed by atoms with Gasteiger partial charge in [-0.1, -0.05) is 6.58 Å². The highest BCUT2D eigenvalue weighted by Gasteiger charge is 1.98. The molecule has 0 aromatic rings. The van der Waals surface area contributed by atoms with Crippen molar-refractivity contribution in [3.8, 4) is 0 Å². The second-order valence-electron chi connectivity index (χ2n) is 1.96. The molecule has 0 saturated heterocycles. The summed E-state index contributed by atoms with van der Waals surface area (Å²) < 4.78 is 9.52. The van der Waals surface area contributed by atoms with E-state index >= 15 is 0 Å². The van der Waals surface area contributed by atoms with Crippen molar-refractivity contribution in [2.75, 3.05) is 13.2 Å². The summed E-state index contributed by atoms with van der Waals surface area (Å²) in [5.74, 6) is -0.250. The Morgan fingerprint density at radius 3 is 2.91 bits per heavy atom. The Labute approximate surface area is 67.0 Å². The number of hydrogen-bond acceptors (Lipinski definition) is 3. The van der Waals surface area contributed by atoms with Crippen LogP contribution in [0.3, 0.4) is 0 Å². The van der Waals surface area contributed by atoms with Crippen LogP contribution in [0.5, 0.6) is 0 Å². The van der Waals surface area contributed by atoms with Crippen LogP contribution < -0.4 is 0 Å². The molecule has 0 amide bonds. The van der Waals surface area contributed by atoms with Crippen molar-refractivity contribution in [3.05, 3.63) is 12.8 Å². The number of esters is 1. The molecule has 0 unspecified atom stereocenters. The number of carbonyl (C=O) groups is 1. The highest BCUT2D eigenvalue weighted by Crippen LogP contribution is 1.93. The van der Waals surface area contributed by atoms with Gasteiger partial charge in [0.2, 0.25) is 0 Å². The Bertz CT molecular complexity index is 121. The Morgan fingerprint density at radius 2 is 2.36 bits per heavy atom. The van der Waals surface area contributed by atoms with E-state index in [1.54, 1.807) is 0 Å². The van der Waals surface area contributed by atoms with Crippen LogP contribution in [0.2, 0.25) is 0 Å². The molecule has 0 N–H and O–H groups in total. The van der Waals surface area contributed by atoms with E-state index < -0.39 is 0 Å². The Kier molecular flexibility index (Phi) is 6.73. The fraction of sp³-hybridized carbons (Fsp3) is 0.625. The van der Waals surface area contributed by atoms with Crippen LogP contribution in [0.25, 0.3) is 0 Å². The Hall–Kier alpha value is -0.830. The van der Waals surface area contributed by atoms with Crippen molar-refractivity contribution in [1.29, 1.82) is 0 Å². The summed E-state index contributed by atoms with van der Waals surface area (Å²) in [5.41, 5.74) is 0. The lowest BCUT2D eigenvalue weighted by Gasteiger charge is -1.99. The molecule has 0 radical (unpaired) electrons. The zero-order valence-corrected chi connectivity index (χ0v) is 6.84. The van der Waals surface area contributed by atoms with Gasteiger partial charge in [-0.05, 0) is 13.3 Å². The molecule has 3 heteroatoms. The molecule has 64 valence electrons. The van der Waals surface area contributed by atoms with Crippen molar-refractivity contribution >= 4 is 5.97 Å². The third kappa shape index (κ3) is 7.06. The van der Waals surface area contributed by atoms with Crippen molar-refractivity contribution in [3.63, 3.8) is 0 Å². The molecule has 0 spiro atoms. The minimum absolute atomic E-state index is 0.250. The average molecular weight is 158 g/mol.